The van der Waals surface area contributed by atoms with Gasteiger partial charge in [0.2, 0.25) is 5.91 Å². The lowest BCUT2D eigenvalue weighted by Crippen LogP contribution is -2.46. The average Bonchev–Trinajstić information content (AvgIpc) is 3.04. The van der Waals surface area contributed by atoms with Crippen molar-refractivity contribution in [2.45, 2.75) is 26.3 Å². The van der Waals surface area contributed by atoms with E-state index in [-0.39, 0.29) is 18.7 Å². The molecule has 2 aliphatic heterocycles. The van der Waals surface area contributed by atoms with Crippen molar-refractivity contribution in [1.29, 1.82) is 0 Å². The molecule has 1 amide bonds. The molecule has 2 aliphatic rings. The van der Waals surface area contributed by atoms with Crippen LogP contribution in [-0.2, 0) is 16.1 Å². The zero-order chi connectivity index (χ0) is 22.0. The predicted octanol–water partition coefficient (Wildman–Crippen LogP) is 0.500. The number of aromatic nitrogens is 1. The smallest absolute Gasteiger partial charge is 0.303 e. The molecule has 9 heteroatoms. The highest BCUT2D eigenvalue weighted by Gasteiger charge is 2.23. The molecule has 2 aromatic heterocycles. The van der Waals surface area contributed by atoms with Gasteiger partial charge >= 0.3 is 5.97 Å². The van der Waals surface area contributed by atoms with Gasteiger partial charge in [-0.25, -0.2) is 0 Å². The van der Waals surface area contributed by atoms with Gasteiger partial charge in [0.1, 0.15) is 5.00 Å². The molecule has 1 saturated heterocycles. The molecule has 0 aliphatic carbocycles. The summed E-state index contributed by atoms with van der Waals surface area (Å²) < 4.78 is 0. The molecule has 4 rings (SSSR count). The molecule has 164 valence electrons. The van der Waals surface area contributed by atoms with Crippen LogP contribution in [0.5, 0.6) is 0 Å². The van der Waals surface area contributed by atoms with Crippen molar-refractivity contribution in [2.75, 3.05) is 38.5 Å². The van der Waals surface area contributed by atoms with Gasteiger partial charge in [0.05, 0.1) is 17.5 Å². The average molecular weight is 442 g/mol. The maximum absolute atomic E-state index is 11.9. The number of nitrogens with zero attached hydrogens (tertiary/aromatic N) is 3. The molecule has 0 unspecified atom stereocenters. The van der Waals surface area contributed by atoms with Crippen molar-refractivity contribution in [3.8, 4) is 0 Å². The Bertz CT molecular complexity index is 1120. The number of nitrogens with one attached hydrogen (secondary N) is 2. The number of carboxylic acids is 1. The Hall–Kier alpha value is -2.91. The molecule has 0 spiro atoms. The highest BCUT2D eigenvalue weighted by atomic mass is 32.1. The van der Waals surface area contributed by atoms with Crippen LogP contribution >= 0.6 is 11.3 Å². The number of fused-ring (bicyclic) bond motifs is 2. The number of amides is 1. The number of carbonyl (C=O) groups excluding carboxylic acids is 1. The molecular formula is C22H27N5O3S. The van der Waals surface area contributed by atoms with Gasteiger partial charge in [-0.3, -0.25) is 14.6 Å². The van der Waals surface area contributed by atoms with Gasteiger partial charge in [-0.1, -0.05) is 0 Å². The summed E-state index contributed by atoms with van der Waals surface area (Å²) >= 11 is 1.74. The Balaban J connectivity index is 1.66. The molecule has 0 atom stereocenters. The molecule has 4 heterocycles. The SMILES string of the molecule is Cc1cc2c(s1)NC=c1cc(CNC(=O)CCC(=O)O)cnc1=C2N1CCN(C)CC1. The lowest BCUT2D eigenvalue weighted by Gasteiger charge is -2.35. The van der Waals surface area contributed by atoms with Gasteiger partial charge in [0, 0.05) is 67.2 Å². The molecule has 8 nitrogen and oxygen atoms in total. The van der Waals surface area contributed by atoms with Gasteiger partial charge in [0.25, 0.3) is 0 Å². The number of anilines is 1. The van der Waals surface area contributed by atoms with Crippen molar-refractivity contribution in [1.82, 2.24) is 20.1 Å². The number of pyridine rings is 1. The van der Waals surface area contributed by atoms with Crippen molar-refractivity contribution in [2.24, 2.45) is 0 Å². The van der Waals surface area contributed by atoms with Crippen LogP contribution in [0.15, 0.2) is 18.3 Å². The molecule has 0 aromatic carbocycles. The summed E-state index contributed by atoms with van der Waals surface area (Å²) in [6.07, 6.45) is 3.58. The second-order valence-corrected chi connectivity index (χ2v) is 9.24. The van der Waals surface area contributed by atoms with Crippen LogP contribution < -0.4 is 21.2 Å². The fourth-order valence-corrected chi connectivity index (χ4v) is 4.74. The number of likely N-dealkylation sites (N-methyl/N-ethyl adjacent to an activating group) is 1. The van der Waals surface area contributed by atoms with Gasteiger partial charge < -0.3 is 25.5 Å². The summed E-state index contributed by atoms with van der Waals surface area (Å²) in [4.78, 5) is 33.3. The van der Waals surface area contributed by atoms with Crippen LogP contribution in [0.2, 0.25) is 0 Å². The molecule has 0 saturated carbocycles. The third kappa shape index (κ3) is 4.88. The second-order valence-electron chi connectivity index (χ2n) is 7.98. The molecule has 3 N–H and O–H groups in total. The maximum atomic E-state index is 11.9. The van der Waals surface area contributed by atoms with Gasteiger partial charge in [-0.15, -0.1) is 11.3 Å². The van der Waals surface area contributed by atoms with E-state index in [0.717, 1.165) is 53.0 Å². The van der Waals surface area contributed by atoms with E-state index in [1.807, 2.05) is 12.3 Å². The Morgan fingerprint density at radius 3 is 2.74 bits per heavy atom. The van der Waals surface area contributed by atoms with Crippen molar-refractivity contribution < 1.29 is 14.7 Å². The standard InChI is InChI=1S/C22H27N5O3S/c1-14-9-17-21(27-7-5-26(2)6-8-27)20-16(13-25-22(17)31-14)10-15(12-24-20)11-23-18(28)3-4-19(29)30/h9-10,12-13,25H,3-8,11H2,1-2H3,(H,23,28)(H,29,30). The fourth-order valence-electron chi connectivity index (χ4n) is 3.86. The van der Waals surface area contributed by atoms with Crippen LogP contribution in [0.3, 0.4) is 0 Å². The number of hydrogen-bond donors (Lipinski definition) is 3. The minimum Gasteiger partial charge on any atom is -0.481 e. The quantitative estimate of drug-likeness (QED) is 0.601. The van der Waals surface area contributed by atoms with Crippen LogP contribution in [0.25, 0.3) is 11.9 Å². The van der Waals surface area contributed by atoms with E-state index in [0.29, 0.717) is 6.54 Å². The number of rotatable bonds is 6. The van der Waals surface area contributed by atoms with E-state index in [1.165, 1.54) is 10.4 Å². The first-order chi connectivity index (χ1) is 14.9. The van der Waals surface area contributed by atoms with Crippen molar-refractivity contribution >= 4 is 40.1 Å². The zero-order valence-corrected chi connectivity index (χ0v) is 18.6. The van der Waals surface area contributed by atoms with E-state index >= 15 is 0 Å². The lowest BCUT2D eigenvalue weighted by atomic mass is 10.1. The normalized spacial score (nSPS) is 15.9. The highest BCUT2D eigenvalue weighted by molar-refractivity contribution is 7.16. The number of carbonyl (C=O) groups is 2. The molecule has 2 aromatic rings. The van der Waals surface area contributed by atoms with Crippen LogP contribution in [0, 0.1) is 6.92 Å². The number of aryl methyl sites for hydroxylation is 1. The number of hydrogen-bond acceptors (Lipinski definition) is 7. The minimum atomic E-state index is -0.975. The summed E-state index contributed by atoms with van der Waals surface area (Å²) in [5, 5.41) is 18.0. The molecular weight excluding hydrogens is 414 g/mol. The lowest BCUT2D eigenvalue weighted by molar-refractivity contribution is -0.138. The number of carboxylic acid groups (broad SMARTS) is 1. The first kappa shape index (κ1) is 21.3. The summed E-state index contributed by atoms with van der Waals surface area (Å²) in [5.74, 6) is -1.25. The number of piperazine rings is 1. The van der Waals surface area contributed by atoms with E-state index in [2.05, 4.69) is 40.5 Å². The van der Waals surface area contributed by atoms with E-state index in [9.17, 15) is 9.59 Å². The first-order valence-corrected chi connectivity index (χ1v) is 11.2. The Morgan fingerprint density at radius 2 is 2.00 bits per heavy atom. The Morgan fingerprint density at radius 1 is 1.23 bits per heavy atom. The summed E-state index contributed by atoms with van der Waals surface area (Å²) in [5.41, 5.74) is 3.21. The topological polar surface area (TPSA) is 97.8 Å². The second kappa shape index (κ2) is 9.07. The summed E-state index contributed by atoms with van der Waals surface area (Å²) in [7, 11) is 2.15. The van der Waals surface area contributed by atoms with Crippen LogP contribution in [0.4, 0.5) is 5.00 Å². The summed E-state index contributed by atoms with van der Waals surface area (Å²) in [6.45, 7) is 6.35. The first-order valence-electron chi connectivity index (χ1n) is 10.4. The van der Waals surface area contributed by atoms with Crippen LogP contribution in [0.1, 0.15) is 28.8 Å². The predicted molar refractivity (Wildman–Crippen MR) is 121 cm³/mol. The monoisotopic (exact) mass is 441 g/mol. The summed E-state index contributed by atoms with van der Waals surface area (Å²) in [6, 6.07) is 4.26. The third-order valence-corrected chi connectivity index (χ3v) is 6.52. The van der Waals surface area contributed by atoms with Crippen molar-refractivity contribution in [3.05, 3.63) is 44.9 Å². The third-order valence-electron chi connectivity index (χ3n) is 5.54. The number of aliphatic carboxylic acids is 1. The highest BCUT2D eigenvalue weighted by Crippen LogP contribution is 2.34. The molecule has 1 fully saturated rings. The van der Waals surface area contributed by atoms with E-state index < -0.39 is 5.97 Å². The zero-order valence-electron chi connectivity index (χ0n) is 17.8. The van der Waals surface area contributed by atoms with Gasteiger partial charge in [0.15, 0.2) is 0 Å². The van der Waals surface area contributed by atoms with Crippen LogP contribution in [-0.4, -0.2) is 65.0 Å². The maximum Gasteiger partial charge on any atom is 0.303 e. The van der Waals surface area contributed by atoms with E-state index in [4.69, 9.17) is 10.1 Å². The van der Waals surface area contributed by atoms with E-state index in [1.54, 1.807) is 17.5 Å². The Labute approximate surface area is 184 Å². The minimum absolute atomic E-state index is 0.0255. The fraction of sp³-hybridized carbons (Fsp3) is 0.409. The largest absolute Gasteiger partial charge is 0.481 e. The molecule has 31 heavy (non-hydrogen) atoms. The van der Waals surface area contributed by atoms with Gasteiger partial charge in [-0.2, -0.15) is 0 Å². The van der Waals surface area contributed by atoms with Crippen molar-refractivity contribution in [3.63, 3.8) is 0 Å². The Kier molecular flexibility index (Phi) is 6.24. The number of thiophene rings is 1. The van der Waals surface area contributed by atoms with Gasteiger partial charge in [-0.05, 0) is 31.7 Å². The molecule has 0 radical (unpaired) electrons. The molecule has 0 bridgehead atoms.